The van der Waals surface area contributed by atoms with Crippen LogP contribution in [0.1, 0.15) is 46.5 Å². The molecule has 1 fully saturated rings. The fourth-order valence-electron chi connectivity index (χ4n) is 2.12. The Bertz CT molecular complexity index is 306. The summed E-state index contributed by atoms with van der Waals surface area (Å²) in [4.78, 5) is 11.6. The molecule has 17 heavy (non-hydrogen) atoms. The van der Waals surface area contributed by atoms with E-state index < -0.39 is 5.60 Å². The monoisotopic (exact) mass is 237 g/mol. The third-order valence-corrected chi connectivity index (χ3v) is 3.24. The van der Waals surface area contributed by atoms with Crippen LogP contribution in [-0.2, 0) is 9.53 Å². The number of carbonyl (C=O) groups is 1. The number of esters is 1. The van der Waals surface area contributed by atoms with Crippen molar-refractivity contribution in [2.75, 3.05) is 13.1 Å². The molecule has 1 aliphatic rings. The van der Waals surface area contributed by atoms with Crippen molar-refractivity contribution in [2.45, 2.75) is 52.1 Å². The summed E-state index contributed by atoms with van der Waals surface area (Å²) in [6.45, 7) is 8.03. The van der Waals surface area contributed by atoms with E-state index >= 15 is 0 Å². The first kappa shape index (κ1) is 14.1. The minimum Gasteiger partial charge on any atom is -0.450 e. The van der Waals surface area contributed by atoms with Gasteiger partial charge in [0.15, 0.2) is 0 Å². The highest BCUT2D eigenvalue weighted by atomic mass is 16.6. The van der Waals surface area contributed by atoms with Crippen molar-refractivity contribution in [1.82, 2.24) is 5.32 Å². The van der Waals surface area contributed by atoms with Crippen LogP contribution in [0.4, 0.5) is 0 Å². The van der Waals surface area contributed by atoms with Crippen molar-refractivity contribution in [2.24, 2.45) is 5.92 Å². The third-order valence-electron chi connectivity index (χ3n) is 3.24. The topological polar surface area (TPSA) is 38.3 Å². The zero-order valence-corrected chi connectivity index (χ0v) is 11.1. The Hall–Kier alpha value is -1.01. The molecular weight excluding hydrogens is 214 g/mol. The lowest BCUT2D eigenvalue weighted by molar-refractivity contribution is -0.155. The lowest BCUT2D eigenvalue weighted by atomic mass is 9.83. The highest BCUT2D eigenvalue weighted by Crippen LogP contribution is 2.28. The number of rotatable bonds is 3. The molecule has 0 atom stereocenters. The number of nitrogens with one attached hydrogen (secondary N) is 1. The predicted octanol–water partition coefficient (Wildman–Crippen LogP) is 2.11. The van der Waals surface area contributed by atoms with E-state index in [9.17, 15) is 4.79 Å². The van der Waals surface area contributed by atoms with Crippen LogP contribution in [0.3, 0.4) is 0 Å². The van der Waals surface area contributed by atoms with E-state index in [0.29, 0.717) is 5.92 Å². The summed E-state index contributed by atoms with van der Waals surface area (Å²) in [5.74, 6) is 5.42. The number of hydrogen-bond donors (Lipinski definition) is 1. The van der Waals surface area contributed by atoms with Gasteiger partial charge >= 0.3 is 5.97 Å². The molecule has 0 spiro atoms. The fraction of sp³-hybridized carbons (Fsp3) is 0.786. The second-order valence-corrected chi connectivity index (χ2v) is 5.07. The first-order valence-electron chi connectivity index (χ1n) is 6.49. The molecule has 1 rings (SSSR count). The van der Waals surface area contributed by atoms with E-state index in [0.717, 1.165) is 38.8 Å². The van der Waals surface area contributed by atoms with Crippen LogP contribution >= 0.6 is 0 Å². The summed E-state index contributed by atoms with van der Waals surface area (Å²) in [6.07, 6.45) is 3.84. The minimum atomic E-state index is -0.403. The van der Waals surface area contributed by atoms with Gasteiger partial charge in [0.25, 0.3) is 0 Å². The summed E-state index contributed by atoms with van der Waals surface area (Å²) in [7, 11) is 0. The maximum absolute atomic E-state index is 11.6. The highest BCUT2D eigenvalue weighted by Gasteiger charge is 2.33. The van der Waals surface area contributed by atoms with E-state index in [2.05, 4.69) is 17.2 Å². The average Bonchev–Trinajstić information content (AvgIpc) is 2.30. The molecule has 3 heteroatoms. The second kappa shape index (κ2) is 6.66. The Morgan fingerprint density at radius 2 is 2.06 bits per heavy atom. The first-order valence-corrected chi connectivity index (χ1v) is 6.49. The van der Waals surface area contributed by atoms with Gasteiger partial charge in [-0.1, -0.05) is 12.8 Å². The fourth-order valence-corrected chi connectivity index (χ4v) is 2.12. The van der Waals surface area contributed by atoms with Crippen LogP contribution in [0.25, 0.3) is 0 Å². The van der Waals surface area contributed by atoms with Crippen LogP contribution in [-0.4, -0.2) is 24.7 Å². The zero-order valence-electron chi connectivity index (χ0n) is 11.1. The van der Waals surface area contributed by atoms with Gasteiger partial charge in [-0.05, 0) is 46.2 Å². The number of piperidine rings is 1. The van der Waals surface area contributed by atoms with Gasteiger partial charge in [-0.15, -0.1) is 0 Å². The molecule has 0 radical (unpaired) electrons. The molecule has 0 aromatic rings. The lowest BCUT2D eigenvalue weighted by Crippen LogP contribution is -2.42. The molecule has 1 aliphatic heterocycles. The van der Waals surface area contributed by atoms with Crippen molar-refractivity contribution < 1.29 is 9.53 Å². The molecular formula is C14H23NO2. The Morgan fingerprint density at radius 1 is 1.41 bits per heavy atom. The Labute approximate surface area is 104 Å². The molecule has 0 unspecified atom stereocenters. The minimum absolute atomic E-state index is 0.387. The number of carbonyl (C=O) groups excluding carboxylic acids is 1. The van der Waals surface area contributed by atoms with Gasteiger partial charge in [0.05, 0.1) is 0 Å². The van der Waals surface area contributed by atoms with E-state index in [-0.39, 0.29) is 5.97 Å². The Kier molecular flexibility index (Phi) is 5.50. The molecule has 0 aromatic carbocycles. The Morgan fingerprint density at radius 3 is 2.65 bits per heavy atom. The molecule has 3 nitrogen and oxygen atoms in total. The van der Waals surface area contributed by atoms with E-state index in [1.165, 1.54) is 0 Å². The standard InChI is InChI=1S/C14H23NO2/c1-4-5-6-7-13(16)17-14(2,3)12-8-10-15-11-9-12/h12,15H,4-5,8-11H2,1-3H3. The quantitative estimate of drug-likeness (QED) is 0.464. The van der Waals surface area contributed by atoms with Gasteiger partial charge in [-0.2, -0.15) is 0 Å². The normalized spacial score (nSPS) is 17.1. The number of unbranched alkanes of at least 4 members (excludes halogenated alkanes) is 1. The van der Waals surface area contributed by atoms with Crippen LogP contribution in [0.2, 0.25) is 0 Å². The molecule has 1 N–H and O–H groups in total. The van der Waals surface area contributed by atoms with Crippen molar-refractivity contribution in [3.8, 4) is 11.8 Å². The smallest absolute Gasteiger partial charge is 0.384 e. The molecule has 0 amide bonds. The van der Waals surface area contributed by atoms with Crippen LogP contribution in [0.15, 0.2) is 0 Å². The molecule has 0 saturated carbocycles. The van der Waals surface area contributed by atoms with Crippen LogP contribution < -0.4 is 5.32 Å². The van der Waals surface area contributed by atoms with E-state index in [4.69, 9.17) is 4.74 Å². The molecule has 1 heterocycles. The maximum atomic E-state index is 11.6. The Balaban J connectivity index is 2.47. The van der Waals surface area contributed by atoms with Crippen molar-refractivity contribution in [3.63, 3.8) is 0 Å². The third kappa shape index (κ3) is 4.79. The van der Waals surface area contributed by atoms with Gasteiger partial charge in [0.1, 0.15) is 5.60 Å². The lowest BCUT2D eigenvalue weighted by Gasteiger charge is -2.36. The van der Waals surface area contributed by atoms with Gasteiger partial charge in [0, 0.05) is 18.3 Å². The molecule has 0 aliphatic carbocycles. The highest BCUT2D eigenvalue weighted by molar-refractivity contribution is 5.88. The van der Waals surface area contributed by atoms with Gasteiger partial charge in [-0.25, -0.2) is 4.79 Å². The summed E-state index contributed by atoms with van der Waals surface area (Å²) in [5, 5.41) is 3.31. The SMILES string of the molecule is CCCC#CC(=O)OC(C)(C)C1CCNCC1. The van der Waals surface area contributed by atoms with Crippen molar-refractivity contribution in [3.05, 3.63) is 0 Å². The van der Waals surface area contributed by atoms with Crippen LogP contribution in [0, 0.1) is 17.8 Å². The molecule has 96 valence electrons. The summed E-state index contributed by atoms with van der Waals surface area (Å²) < 4.78 is 5.48. The van der Waals surface area contributed by atoms with E-state index in [1.807, 2.05) is 20.8 Å². The average molecular weight is 237 g/mol. The predicted molar refractivity (Wildman–Crippen MR) is 68.4 cm³/mol. The number of hydrogen-bond acceptors (Lipinski definition) is 3. The summed E-state index contributed by atoms with van der Waals surface area (Å²) in [5.41, 5.74) is -0.403. The second-order valence-electron chi connectivity index (χ2n) is 5.07. The van der Waals surface area contributed by atoms with Crippen molar-refractivity contribution >= 4 is 5.97 Å². The first-order chi connectivity index (χ1) is 8.06. The van der Waals surface area contributed by atoms with Gasteiger partial charge in [0.2, 0.25) is 0 Å². The summed E-state index contributed by atoms with van der Waals surface area (Å²) >= 11 is 0. The van der Waals surface area contributed by atoms with Gasteiger partial charge < -0.3 is 10.1 Å². The number of ether oxygens (including phenoxy) is 1. The van der Waals surface area contributed by atoms with Crippen molar-refractivity contribution in [1.29, 1.82) is 0 Å². The van der Waals surface area contributed by atoms with E-state index in [1.54, 1.807) is 0 Å². The van der Waals surface area contributed by atoms with Crippen LogP contribution in [0.5, 0.6) is 0 Å². The zero-order chi connectivity index (χ0) is 12.7. The molecule has 1 saturated heterocycles. The summed E-state index contributed by atoms with van der Waals surface area (Å²) in [6, 6.07) is 0. The molecule has 0 aromatic heterocycles. The largest absolute Gasteiger partial charge is 0.450 e. The molecule has 0 bridgehead atoms. The van der Waals surface area contributed by atoms with Gasteiger partial charge in [-0.3, -0.25) is 0 Å². The maximum Gasteiger partial charge on any atom is 0.384 e.